The molecule has 2 aromatic carbocycles. The van der Waals surface area contributed by atoms with Gasteiger partial charge in [0.25, 0.3) is 0 Å². The van der Waals surface area contributed by atoms with Crippen LogP contribution in [0.1, 0.15) is 31.9 Å². The van der Waals surface area contributed by atoms with Gasteiger partial charge in [0.05, 0.1) is 6.61 Å². The summed E-state index contributed by atoms with van der Waals surface area (Å²) in [5, 5.41) is 19.2. The van der Waals surface area contributed by atoms with Gasteiger partial charge in [0.15, 0.2) is 11.5 Å². The lowest BCUT2D eigenvalue weighted by Gasteiger charge is -2.26. The van der Waals surface area contributed by atoms with Gasteiger partial charge >= 0.3 is 0 Å². The molecule has 0 saturated heterocycles. The van der Waals surface area contributed by atoms with E-state index in [2.05, 4.69) is 13.8 Å². The third-order valence-electron chi connectivity index (χ3n) is 3.57. The molecule has 0 aliphatic heterocycles. The molecule has 0 bridgehead atoms. The Morgan fingerprint density at radius 3 is 2.15 bits per heavy atom. The molecular weight excluding hydrogens is 252 g/mol. The van der Waals surface area contributed by atoms with E-state index in [1.54, 1.807) is 18.2 Å². The molecule has 0 saturated carbocycles. The monoisotopic (exact) mass is 272 g/mol. The van der Waals surface area contributed by atoms with Crippen molar-refractivity contribution in [3.63, 3.8) is 0 Å². The van der Waals surface area contributed by atoms with Gasteiger partial charge in [-0.25, -0.2) is 0 Å². The van der Waals surface area contributed by atoms with Crippen LogP contribution in [0.3, 0.4) is 0 Å². The van der Waals surface area contributed by atoms with Crippen molar-refractivity contribution in [3.05, 3.63) is 53.6 Å². The maximum atomic E-state index is 9.78. The van der Waals surface area contributed by atoms with Crippen LogP contribution >= 0.6 is 0 Å². The van der Waals surface area contributed by atoms with Gasteiger partial charge in [0.1, 0.15) is 5.75 Å². The lowest BCUT2D eigenvalue weighted by Crippen LogP contribution is -2.18. The van der Waals surface area contributed by atoms with Crippen molar-refractivity contribution in [3.8, 4) is 17.2 Å². The summed E-state index contributed by atoms with van der Waals surface area (Å²) in [6.07, 6.45) is 0. The molecule has 0 spiro atoms. The summed E-state index contributed by atoms with van der Waals surface area (Å²) in [5.41, 5.74) is 1.89. The molecule has 0 radical (unpaired) electrons. The summed E-state index contributed by atoms with van der Waals surface area (Å²) in [6.45, 7) is 6.59. The molecule has 2 aromatic rings. The molecule has 0 aliphatic carbocycles. The quantitative estimate of drug-likeness (QED) is 0.889. The highest BCUT2D eigenvalue weighted by Gasteiger charge is 2.24. The van der Waals surface area contributed by atoms with Crippen LogP contribution in [0.4, 0.5) is 0 Å². The number of phenols is 2. The van der Waals surface area contributed by atoms with Gasteiger partial charge in [-0.3, -0.25) is 0 Å². The Hall–Kier alpha value is -2.16. The van der Waals surface area contributed by atoms with Gasteiger partial charge in [-0.15, -0.1) is 0 Å². The predicted molar refractivity (Wildman–Crippen MR) is 79.5 cm³/mol. The summed E-state index contributed by atoms with van der Waals surface area (Å²) >= 11 is 0. The summed E-state index contributed by atoms with van der Waals surface area (Å²) in [7, 11) is 0. The molecule has 3 heteroatoms. The average molecular weight is 272 g/mol. The minimum atomic E-state index is -0.243. The minimum Gasteiger partial charge on any atom is -0.508 e. The third-order valence-corrected chi connectivity index (χ3v) is 3.57. The highest BCUT2D eigenvalue weighted by Crippen LogP contribution is 2.37. The van der Waals surface area contributed by atoms with Crippen LogP contribution in [0.15, 0.2) is 42.5 Å². The summed E-state index contributed by atoms with van der Waals surface area (Å²) in [5.74, 6) is 0.902. The van der Waals surface area contributed by atoms with Crippen LogP contribution < -0.4 is 4.74 Å². The Morgan fingerprint density at radius 1 is 0.950 bits per heavy atom. The molecule has 0 aromatic heterocycles. The Balaban J connectivity index is 2.43. The number of hydrogen-bond acceptors (Lipinski definition) is 3. The zero-order valence-electron chi connectivity index (χ0n) is 12.1. The Morgan fingerprint density at radius 2 is 1.55 bits per heavy atom. The molecule has 0 unspecified atom stereocenters. The van der Waals surface area contributed by atoms with Crippen LogP contribution in [0.25, 0.3) is 0 Å². The molecule has 20 heavy (non-hydrogen) atoms. The van der Waals surface area contributed by atoms with E-state index < -0.39 is 0 Å². The standard InChI is InChI=1S/C17H20O3/c1-4-20-16-11-13(7-10-15(16)19)17(2,3)12-5-8-14(18)9-6-12/h5-11,18-19H,4H2,1-3H3. The van der Waals surface area contributed by atoms with E-state index in [-0.39, 0.29) is 16.9 Å². The smallest absolute Gasteiger partial charge is 0.161 e. The first-order valence-corrected chi connectivity index (χ1v) is 6.71. The van der Waals surface area contributed by atoms with E-state index in [1.807, 2.05) is 31.2 Å². The molecular formula is C17H20O3. The Bertz CT molecular complexity index is 586. The third kappa shape index (κ3) is 2.72. The van der Waals surface area contributed by atoms with Gasteiger partial charge < -0.3 is 14.9 Å². The van der Waals surface area contributed by atoms with Crippen molar-refractivity contribution in [1.29, 1.82) is 0 Å². The van der Waals surface area contributed by atoms with Crippen LogP contribution in [0.2, 0.25) is 0 Å². The first-order chi connectivity index (χ1) is 9.45. The fourth-order valence-electron chi connectivity index (χ4n) is 2.22. The minimum absolute atomic E-state index is 0.150. The summed E-state index contributed by atoms with van der Waals surface area (Å²) < 4.78 is 5.44. The van der Waals surface area contributed by atoms with Gasteiger partial charge in [0, 0.05) is 5.41 Å². The normalized spacial score (nSPS) is 11.3. The lowest BCUT2D eigenvalue weighted by atomic mass is 9.78. The molecule has 0 fully saturated rings. The number of rotatable bonds is 4. The van der Waals surface area contributed by atoms with Crippen molar-refractivity contribution in [2.24, 2.45) is 0 Å². The van der Waals surface area contributed by atoms with Gasteiger partial charge in [-0.2, -0.15) is 0 Å². The van der Waals surface area contributed by atoms with E-state index in [4.69, 9.17) is 4.74 Å². The van der Waals surface area contributed by atoms with Gasteiger partial charge in [-0.1, -0.05) is 32.0 Å². The molecule has 0 aliphatic rings. The van der Waals surface area contributed by atoms with E-state index in [0.717, 1.165) is 11.1 Å². The predicted octanol–water partition coefficient (Wildman–Crippen LogP) is 3.82. The molecule has 2 rings (SSSR count). The van der Waals surface area contributed by atoms with E-state index in [1.165, 1.54) is 0 Å². The van der Waals surface area contributed by atoms with Crippen molar-refractivity contribution < 1.29 is 14.9 Å². The maximum Gasteiger partial charge on any atom is 0.161 e. The second-order valence-electron chi connectivity index (χ2n) is 5.29. The zero-order valence-corrected chi connectivity index (χ0v) is 12.1. The first-order valence-electron chi connectivity index (χ1n) is 6.71. The van der Waals surface area contributed by atoms with Crippen LogP contribution in [0, 0.1) is 0 Å². The highest BCUT2D eigenvalue weighted by atomic mass is 16.5. The van der Waals surface area contributed by atoms with Crippen molar-refractivity contribution in [1.82, 2.24) is 0 Å². The molecule has 0 heterocycles. The van der Waals surface area contributed by atoms with Gasteiger partial charge in [0.2, 0.25) is 0 Å². The van der Waals surface area contributed by atoms with Crippen molar-refractivity contribution in [2.45, 2.75) is 26.2 Å². The largest absolute Gasteiger partial charge is 0.508 e. The number of hydrogen-bond donors (Lipinski definition) is 2. The fourth-order valence-corrected chi connectivity index (χ4v) is 2.22. The lowest BCUT2D eigenvalue weighted by molar-refractivity contribution is 0.317. The van der Waals surface area contributed by atoms with Crippen LogP contribution in [-0.2, 0) is 5.41 Å². The summed E-state index contributed by atoms with van der Waals surface area (Å²) in [4.78, 5) is 0. The number of benzene rings is 2. The Labute approximate surface area is 119 Å². The maximum absolute atomic E-state index is 9.78. The highest BCUT2D eigenvalue weighted by molar-refractivity contribution is 5.47. The molecule has 2 N–H and O–H groups in total. The average Bonchev–Trinajstić information content (AvgIpc) is 2.42. The molecule has 0 atom stereocenters. The van der Waals surface area contributed by atoms with E-state index in [0.29, 0.717) is 12.4 Å². The van der Waals surface area contributed by atoms with E-state index >= 15 is 0 Å². The van der Waals surface area contributed by atoms with Crippen LogP contribution in [-0.4, -0.2) is 16.8 Å². The second kappa shape index (κ2) is 5.45. The number of ether oxygens (including phenoxy) is 1. The first kappa shape index (κ1) is 14.3. The molecule has 0 amide bonds. The van der Waals surface area contributed by atoms with Crippen molar-refractivity contribution in [2.75, 3.05) is 6.61 Å². The molecule has 106 valence electrons. The Kier molecular flexibility index (Phi) is 3.89. The molecule has 3 nitrogen and oxygen atoms in total. The second-order valence-corrected chi connectivity index (χ2v) is 5.29. The van der Waals surface area contributed by atoms with Crippen molar-refractivity contribution >= 4 is 0 Å². The van der Waals surface area contributed by atoms with E-state index in [9.17, 15) is 10.2 Å². The van der Waals surface area contributed by atoms with Gasteiger partial charge in [-0.05, 0) is 42.3 Å². The van der Waals surface area contributed by atoms with Crippen LogP contribution in [0.5, 0.6) is 17.2 Å². The fraction of sp³-hybridized carbons (Fsp3) is 0.294. The SMILES string of the molecule is CCOc1cc(C(C)(C)c2ccc(O)cc2)ccc1O. The summed E-state index contributed by atoms with van der Waals surface area (Å²) in [6, 6.07) is 12.6. The number of aromatic hydroxyl groups is 2. The topological polar surface area (TPSA) is 49.7 Å². The number of phenolic OH excluding ortho intramolecular Hbond substituents is 2. The zero-order chi connectivity index (χ0) is 14.8.